The van der Waals surface area contributed by atoms with Gasteiger partial charge in [0, 0.05) is 17.5 Å². The molecule has 0 unspecified atom stereocenters. The van der Waals surface area contributed by atoms with Crippen LogP contribution >= 0.6 is 11.3 Å². The smallest absolute Gasteiger partial charge is 0.280 e. The van der Waals surface area contributed by atoms with Crippen LogP contribution in [-0.4, -0.2) is 29.1 Å². The quantitative estimate of drug-likeness (QED) is 0.468. The molecule has 26 heavy (non-hydrogen) atoms. The summed E-state index contributed by atoms with van der Waals surface area (Å²) in [4.78, 5) is 26.6. The summed E-state index contributed by atoms with van der Waals surface area (Å²) in [5.74, 6) is 0.619. The van der Waals surface area contributed by atoms with E-state index in [0.29, 0.717) is 23.6 Å². The lowest BCUT2D eigenvalue weighted by molar-refractivity contribution is -0.385. The molecule has 1 aromatic heterocycles. The summed E-state index contributed by atoms with van der Waals surface area (Å²) in [6, 6.07) is 4.90. The van der Waals surface area contributed by atoms with Crippen LogP contribution in [0.15, 0.2) is 29.7 Å². The van der Waals surface area contributed by atoms with E-state index in [0.717, 1.165) is 6.42 Å². The minimum atomic E-state index is -0.493. The Morgan fingerprint density at radius 1 is 1.38 bits per heavy atom. The van der Waals surface area contributed by atoms with Crippen molar-refractivity contribution < 1.29 is 19.2 Å². The Kier molecular flexibility index (Phi) is 4.12. The Bertz CT molecular complexity index is 920. The van der Waals surface area contributed by atoms with Crippen molar-refractivity contribution in [3.63, 3.8) is 0 Å². The van der Waals surface area contributed by atoms with Gasteiger partial charge in [0.05, 0.1) is 22.6 Å². The van der Waals surface area contributed by atoms with Crippen molar-refractivity contribution in [2.75, 3.05) is 13.3 Å². The maximum absolute atomic E-state index is 12.6. The van der Waals surface area contributed by atoms with E-state index in [1.165, 1.54) is 34.7 Å². The number of nitrogens with zero attached hydrogens (tertiary/aromatic N) is 2. The largest absolute Gasteiger partial charge is 0.454 e. The topological polar surface area (TPSA) is 81.9 Å². The SMILES string of the molecule is C[C@H]1c2ccsc2CCN1C(=O)/C=C/c1cc2c(cc1[N+](=O)[O-])OCO2. The third-order valence-electron chi connectivity index (χ3n) is 4.68. The van der Waals surface area contributed by atoms with E-state index in [1.54, 1.807) is 16.2 Å². The van der Waals surface area contributed by atoms with Crippen LogP contribution in [0.25, 0.3) is 6.08 Å². The number of thiophene rings is 1. The maximum Gasteiger partial charge on any atom is 0.280 e. The zero-order valence-corrected chi connectivity index (χ0v) is 14.8. The number of ether oxygens (including phenoxy) is 2. The molecule has 7 nitrogen and oxygen atoms in total. The molecule has 0 saturated heterocycles. The molecule has 1 amide bonds. The van der Waals surface area contributed by atoms with Crippen LogP contribution in [0.2, 0.25) is 0 Å². The lowest BCUT2D eigenvalue weighted by Gasteiger charge is -2.32. The molecular formula is C18H16N2O5S. The Balaban J connectivity index is 1.59. The lowest BCUT2D eigenvalue weighted by atomic mass is 10.0. The van der Waals surface area contributed by atoms with Gasteiger partial charge in [-0.1, -0.05) is 0 Å². The van der Waals surface area contributed by atoms with Gasteiger partial charge in [-0.05, 0) is 42.5 Å². The van der Waals surface area contributed by atoms with Crippen LogP contribution in [0.5, 0.6) is 11.5 Å². The summed E-state index contributed by atoms with van der Waals surface area (Å²) < 4.78 is 10.5. The number of hydrogen-bond donors (Lipinski definition) is 0. The van der Waals surface area contributed by atoms with Gasteiger partial charge < -0.3 is 14.4 Å². The number of nitro groups is 1. The van der Waals surface area contributed by atoms with Crippen LogP contribution in [0, 0.1) is 10.1 Å². The second-order valence-corrected chi connectivity index (χ2v) is 7.11. The van der Waals surface area contributed by atoms with Crippen LogP contribution in [0.3, 0.4) is 0 Å². The molecule has 8 heteroatoms. The monoisotopic (exact) mass is 372 g/mol. The first-order chi connectivity index (χ1) is 12.5. The molecule has 0 saturated carbocycles. The maximum atomic E-state index is 12.6. The molecule has 0 fully saturated rings. The van der Waals surface area contributed by atoms with E-state index >= 15 is 0 Å². The van der Waals surface area contributed by atoms with Gasteiger partial charge in [-0.25, -0.2) is 0 Å². The molecule has 0 N–H and O–H groups in total. The van der Waals surface area contributed by atoms with E-state index < -0.39 is 4.92 Å². The third-order valence-corrected chi connectivity index (χ3v) is 5.68. The number of hydrogen-bond acceptors (Lipinski definition) is 6. The first-order valence-corrected chi connectivity index (χ1v) is 9.05. The lowest BCUT2D eigenvalue weighted by Crippen LogP contribution is -2.37. The van der Waals surface area contributed by atoms with Crippen LogP contribution in [0.1, 0.15) is 29.0 Å². The van der Waals surface area contributed by atoms with E-state index in [2.05, 4.69) is 6.07 Å². The predicted octanol–water partition coefficient (Wildman–Crippen LogP) is 3.54. The van der Waals surface area contributed by atoms with Gasteiger partial charge in [0.2, 0.25) is 12.7 Å². The fraction of sp³-hybridized carbons (Fsp3) is 0.278. The minimum Gasteiger partial charge on any atom is -0.454 e. The Morgan fingerprint density at radius 3 is 2.92 bits per heavy atom. The van der Waals surface area contributed by atoms with Gasteiger partial charge in [-0.3, -0.25) is 14.9 Å². The Labute approximate surface area is 153 Å². The summed E-state index contributed by atoms with van der Waals surface area (Å²) >= 11 is 1.71. The first-order valence-electron chi connectivity index (χ1n) is 8.17. The number of nitro benzene ring substituents is 1. The van der Waals surface area contributed by atoms with Crippen molar-refractivity contribution in [2.45, 2.75) is 19.4 Å². The summed E-state index contributed by atoms with van der Waals surface area (Å²) in [6.45, 7) is 2.67. The molecule has 2 aliphatic heterocycles. The first kappa shape index (κ1) is 16.6. The fourth-order valence-electron chi connectivity index (χ4n) is 3.31. The molecule has 0 aliphatic carbocycles. The van der Waals surface area contributed by atoms with E-state index in [1.807, 2.05) is 12.3 Å². The molecule has 1 atom stereocenters. The molecule has 2 aliphatic rings. The highest BCUT2D eigenvalue weighted by Gasteiger charge is 2.27. The summed E-state index contributed by atoms with van der Waals surface area (Å²) in [5, 5.41) is 13.4. The highest BCUT2D eigenvalue weighted by molar-refractivity contribution is 7.10. The molecule has 1 aromatic carbocycles. The molecule has 0 spiro atoms. The van der Waals surface area contributed by atoms with Crippen molar-refractivity contribution in [3.05, 3.63) is 55.8 Å². The second kappa shape index (κ2) is 6.45. The van der Waals surface area contributed by atoms with Crippen molar-refractivity contribution in [3.8, 4) is 11.5 Å². The number of rotatable bonds is 3. The number of carbonyl (C=O) groups excluding carboxylic acids is 1. The van der Waals surface area contributed by atoms with Crippen LogP contribution < -0.4 is 9.47 Å². The zero-order chi connectivity index (χ0) is 18.3. The van der Waals surface area contributed by atoms with Gasteiger partial charge in [0.1, 0.15) is 0 Å². The zero-order valence-electron chi connectivity index (χ0n) is 14.0. The number of fused-ring (bicyclic) bond motifs is 2. The summed E-state index contributed by atoms with van der Waals surface area (Å²) in [7, 11) is 0. The fourth-order valence-corrected chi connectivity index (χ4v) is 4.27. The molecule has 0 bridgehead atoms. The third kappa shape index (κ3) is 2.82. The van der Waals surface area contributed by atoms with Crippen molar-refractivity contribution in [1.82, 2.24) is 4.90 Å². The Hall–Kier alpha value is -2.87. The highest BCUT2D eigenvalue weighted by Crippen LogP contribution is 2.38. The van der Waals surface area contributed by atoms with Crippen LogP contribution in [-0.2, 0) is 11.2 Å². The van der Waals surface area contributed by atoms with Gasteiger partial charge >= 0.3 is 0 Å². The molecule has 0 radical (unpaired) electrons. The van der Waals surface area contributed by atoms with E-state index in [-0.39, 0.29) is 24.4 Å². The van der Waals surface area contributed by atoms with Crippen molar-refractivity contribution >= 4 is 29.0 Å². The molecule has 4 rings (SSSR count). The normalized spacial score (nSPS) is 18.2. The van der Waals surface area contributed by atoms with Gasteiger partial charge in [-0.2, -0.15) is 0 Å². The van der Waals surface area contributed by atoms with Gasteiger partial charge in [0.25, 0.3) is 5.69 Å². The summed E-state index contributed by atoms with van der Waals surface area (Å²) in [6.07, 6.45) is 3.69. The average Bonchev–Trinajstić information content (AvgIpc) is 3.27. The second-order valence-electron chi connectivity index (χ2n) is 6.11. The number of benzene rings is 1. The average molecular weight is 372 g/mol. The highest BCUT2D eigenvalue weighted by atomic mass is 32.1. The Morgan fingerprint density at radius 2 is 2.15 bits per heavy atom. The summed E-state index contributed by atoms with van der Waals surface area (Å²) in [5.41, 5.74) is 1.37. The molecule has 3 heterocycles. The van der Waals surface area contributed by atoms with Gasteiger partial charge in [0.15, 0.2) is 11.5 Å². The van der Waals surface area contributed by atoms with Gasteiger partial charge in [-0.15, -0.1) is 11.3 Å². The van der Waals surface area contributed by atoms with Crippen molar-refractivity contribution in [1.29, 1.82) is 0 Å². The molecular weight excluding hydrogens is 356 g/mol. The van der Waals surface area contributed by atoms with E-state index in [9.17, 15) is 14.9 Å². The van der Waals surface area contributed by atoms with E-state index in [4.69, 9.17) is 9.47 Å². The number of amides is 1. The minimum absolute atomic E-state index is 0.00566. The predicted molar refractivity (Wildman–Crippen MR) is 96.4 cm³/mol. The van der Waals surface area contributed by atoms with Crippen molar-refractivity contribution in [2.24, 2.45) is 0 Å². The molecule has 2 aromatic rings. The number of carbonyl (C=O) groups is 1. The standard InChI is InChI=1S/C18H16N2O5S/c1-11-13-5-7-26-17(13)4-6-19(11)18(21)3-2-12-8-15-16(25-10-24-15)9-14(12)20(22)23/h2-3,5,7-9,11H,4,6,10H2,1H3/b3-2+/t11-/m0/s1. The van der Waals surface area contributed by atoms with Crippen LogP contribution in [0.4, 0.5) is 5.69 Å². The molecule has 134 valence electrons.